The first kappa shape index (κ1) is 27.9. The van der Waals surface area contributed by atoms with E-state index in [1.54, 1.807) is 0 Å². The summed E-state index contributed by atoms with van der Waals surface area (Å²) < 4.78 is 80.8. The Morgan fingerprint density at radius 2 is 1.23 bits per heavy atom. The van der Waals surface area contributed by atoms with Gasteiger partial charge in [-0.2, -0.15) is 0 Å². The predicted molar refractivity (Wildman–Crippen MR) is 126 cm³/mol. The van der Waals surface area contributed by atoms with Crippen LogP contribution < -0.4 is 4.74 Å². The van der Waals surface area contributed by atoms with Crippen LogP contribution in [0.2, 0.25) is 0 Å². The molecular weight excluding hydrogens is 466 g/mol. The highest BCUT2D eigenvalue weighted by atomic mass is 19.4. The third-order valence-electron chi connectivity index (χ3n) is 7.93. The lowest BCUT2D eigenvalue weighted by molar-refractivity contribution is -0.276. The molecule has 2 aliphatic rings. The van der Waals surface area contributed by atoms with Gasteiger partial charge < -0.3 is 4.74 Å². The first-order valence-corrected chi connectivity index (χ1v) is 13.2. The topological polar surface area (TPSA) is 9.23 Å². The van der Waals surface area contributed by atoms with E-state index in [4.69, 9.17) is 0 Å². The monoisotopic (exact) mass is 504 g/mol. The second-order valence-corrected chi connectivity index (χ2v) is 10.4. The molecule has 0 amide bonds. The van der Waals surface area contributed by atoms with Gasteiger partial charge in [0.05, 0.1) is 6.67 Å². The van der Waals surface area contributed by atoms with Crippen LogP contribution in [0.5, 0.6) is 5.75 Å². The van der Waals surface area contributed by atoms with Crippen LogP contribution in [0.3, 0.4) is 0 Å². The van der Waals surface area contributed by atoms with Gasteiger partial charge in [-0.1, -0.05) is 57.1 Å². The van der Waals surface area contributed by atoms with Crippen LogP contribution in [-0.2, 0) is 0 Å². The lowest BCUT2D eigenvalue weighted by atomic mass is 9.74. The highest BCUT2D eigenvalue weighted by Gasteiger charge is 2.35. The van der Waals surface area contributed by atoms with Crippen LogP contribution in [0.15, 0.2) is 24.3 Å². The fourth-order valence-corrected chi connectivity index (χ4v) is 5.92. The Morgan fingerprint density at radius 3 is 1.74 bits per heavy atom. The fourth-order valence-electron chi connectivity index (χ4n) is 5.92. The van der Waals surface area contributed by atoms with E-state index in [1.807, 2.05) is 6.08 Å². The highest BCUT2D eigenvalue weighted by Crippen LogP contribution is 2.41. The molecule has 2 fully saturated rings. The molecule has 0 unspecified atom stereocenters. The predicted octanol–water partition coefficient (Wildman–Crippen LogP) is 9.81. The number of hydrogen-bond donors (Lipinski definition) is 0. The molecule has 0 saturated heterocycles. The van der Waals surface area contributed by atoms with Gasteiger partial charge in [-0.25, -0.2) is 8.78 Å². The Bertz CT molecular complexity index is 766. The van der Waals surface area contributed by atoms with Gasteiger partial charge in [0.1, 0.15) is 0 Å². The number of alkyl halides is 4. The van der Waals surface area contributed by atoms with Gasteiger partial charge in [0.25, 0.3) is 0 Å². The first-order valence-electron chi connectivity index (χ1n) is 13.2. The normalized spacial score (nSPS) is 25.8. The molecule has 2 saturated carbocycles. The molecule has 1 aromatic carbocycles. The third-order valence-corrected chi connectivity index (χ3v) is 7.93. The van der Waals surface area contributed by atoms with E-state index in [9.17, 15) is 26.3 Å². The fraction of sp³-hybridized carbons (Fsp3) is 0.714. The Hall–Kier alpha value is -1.66. The molecule has 0 aliphatic heterocycles. The van der Waals surface area contributed by atoms with Crippen LogP contribution in [0.25, 0.3) is 0 Å². The van der Waals surface area contributed by atoms with E-state index in [0.29, 0.717) is 17.9 Å². The van der Waals surface area contributed by atoms with Crippen LogP contribution >= 0.6 is 0 Å². The Morgan fingerprint density at radius 1 is 0.743 bits per heavy atom. The van der Waals surface area contributed by atoms with Gasteiger partial charge in [0.2, 0.25) is 5.75 Å². The van der Waals surface area contributed by atoms with E-state index >= 15 is 0 Å². The maximum atomic E-state index is 14.1. The summed E-state index contributed by atoms with van der Waals surface area (Å²) in [5.41, 5.74) is 0.421. The SMILES string of the molecule is FCC/C=C/CCC[C@H]1CC[C@H](CCC2CCC(c3cc(F)c(OC(F)(F)F)c(F)c3)CC2)CC1. The van der Waals surface area contributed by atoms with Gasteiger partial charge >= 0.3 is 6.36 Å². The van der Waals surface area contributed by atoms with Crippen molar-refractivity contribution in [2.24, 2.45) is 17.8 Å². The zero-order chi connectivity index (χ0) is 25.3. The van der Waals surface area contributed by atoms with E-state index in [0.717, 1.165) is 56.1 Å². The molecule has 0 bridgehead atoms. The van der Waals surface area contributed by atoms with Gasteiger partial charge in [-0.15, -0.1) is 13.2 Å². The second kappa shape index (κ2) is 13.6. The van der Waals surface area contributed by atoms with Crippen LogP contribution in [0.1, 0.15) is 101 Å². The van der Waals surface area contributed by atoms with Gasteiger partial charge in [0.15, 0.2) is 11.6 Å². The van der Waals surface area contributed by atoms with E-state index in [1.165, 1.54) is 51.4 Å². The number of rotatable bonds is 11. The summed E-state index contributed by atoms with van der Waals surface area (Å²) >= 11 is 0. The molecule has 0 N–H and O–H groups in total. The standard InChI is InChI=1S/C28H38F6O/c29-17-5-3-1-2-4-6-20-7-9-21(10-8-20)11-12-22-13-15-23(16-14-22)24-18-25(30)27(26(31)19-24)35-28(32,33)34/h1,3,18-23H,2,4-17H2/b3-1+/t20-,21-,22?,23?. The molecule has 0 aromatic heterocycles. The van der Waals surface area contributed by atoms with Crippen molar-refractivity contribution in [3.8, 4) is 5.75 Å². The lowest BCUT2D eigenvalue weighted by Crippen LogP contribution is -2.20. The van der Waals surface area contributed by atoms with Crippen LogP contribution in [0.4, 0.5) is 26.3 Å². The van der Waals surface area contributed by atoms with Crippen molar-refractivity contribution in [2.45, 2.75) is 102 Å². The zero-order valence-electron chi connectivity index (χ0n) is 20.4. The van der Waals surface area contributed by atoms with Crippen molar-refractivity contribution in [2.75, 3.05) is 6.67 Å². The first-order chi connectivity index (χ1) is 16.7. The van der Waals surface area contributed by atoms with Crippen molar-refractivity contribution < 1.29 is 31.1 Å². The summed E-state index contributed by atoms with van der Waals surface area (Å²) in [5.74, 6) is -1.79. The quantitative estimate of drug-likeness (QED) is 0.166. The Balaban J connectivity index is 1.34. The Kier molecular flexibility index (Phi) is 10.8. The molecule has 1 aromatic rings. The van der Waals surface area contributed by atoms with Crippen LogP contribution in [0, 0.1) is 29.4 Å². The highest BCUT2D eigenvalue weighted by molar-refractivity contribution is 5.33. The summed E-state index contributed by atoms with van der Waals surface area (Å²) in [7, 11) is 0. The number of halogens is 6. The molecule has 2 aliphatic carbocycles. The van der Waals surface area contributed by atoms with E-state index < -0.39 is 23.7 Å². The molecule has 0 radical (unpaired) electrons. The average Bonchev–Trinajstić information content (AvgIpc) is 2.82. The van der Waals surface area contributed by atoms with E-state index in [2.05, 4.69) is 10.8 Å². The molecule has 0 atom stereocenters. The van der Waals surface area contributed by atoms with Gasteiger partial charge in [-0.3, -0.25) is 4.39 Å². The number of allylic oxidation sites excluding steroid dienone is 2. The molecule has 198 valence electrons. The van der Waals surface area contributed by atoms with Crippen LogP contribution in [-0.4, -0.2) is 13.0 Å². The maximum Gasteiger partial charge on any atom is 0.573 e. The molecule has 0 spiro atoms. The number of unbranched alkanes of at least 4 members (excludes halogenated alkanes) is 1. The molecule has 1 nitrogen and oxygen atoms in total. The number of ether oxygens (including phenoxy) is 1. The van der Waals surface area contributed by atoms with Crippen molar-refractivity contribution in [3.05, 3.63) is 41.5 Å². The summed E-state index contributed by atoms with van der Waals surface area (Å²) in [5, 5.41) is 0. The summed E-state index contributed by atoms with van der Waals surface area (Å²) in [6, 6.07) is 1.99. The van der Waals surface area contributed by atoms with Crippen molar-refractivity contribution >= 4 is 0 Å². The molecule has 0 heterocycles. The second-order valence-electron chi connectivity index (χ2n) is 10.4. The zero-order valence-corrected chi connectivity index (χ0v) is 20.4. The van der Waals surface area contributed by atoms with Crippen molar-refractivity contribution in [1.29, 1.82) is 0 Å². The molecular formula is C28H38F6O. The van der Waals surface area contributed by atoms with Crippen molar-refractivity contribution in [3.63, 3.8) is 0 Å². The smallest absolute Gasteiger partial charge is 0.399 e. The summed E-state index contributed by atoms with van der Waals surface area (Å²) in [6.45, 7) is -0.278. The third kappa shape index (κ3) is 9.38. The van der Waals surface area contributed by atoms with E-state index in [-0.39, 0.29) is 12.6 Å². The minimum atomic E-state index is -5.13. The number of hydrogen-bond acceptors (Lipinski definition) is 1. The molecule has 7 heteroatoms. The van der Waals surface area contributed by atoms with Gasteiger partial charge in [0, 0.05) is 0 Å². The lowest BCUT2D eigenvalue weighted by Gasteiger charge is -2.32. The summed E-state index contributed by atoms with van der Waals surface area (Å²) in [6.07, 6.45) is 14.1. The Labute approximate surface area is 205 Å². The summed E-state index contributed by atoms with van der Waals surface area (Å²) in [4.78, 5) is 0. The minimum absolute atomic E-state index is 0.0301. The number of benzene rings is 1. The average molecular weight is 505 g/mol. The maximum absolute atomic E-state index is 14.1. The van der Waals surface area contributed by atoms with Gasteiger partial charge in [-0.05, 0) is 86.3 Å². The largest absolute Gasteiger partial charge is 0.573 e. The molecule has 3 rings (SSSR count). The molecule has 35 heavy (non-hydrogen) atoms. The van der Waals surface area contributed by atoms with Crippen molar-refractivity contribution in [1.82, 2.24) is 0 Å². The minimum Gasteiger partial charge on any atom is -0.399 e.